The van der Waals surface area contributed by atoms with E-state index in [2.05, 4.69) is 16.0 Å². The third-order valence-corrected chi connectivity index (χ3v) is 4.01. The van der Waals surface area contributed by atoms with E-state index in [0.717, 1.165) is 25.7 Å². The summed E-state index contributed by atoms with van der Waals surface area (Å²) >= 11 is 0. The van der Waals surface area contributed by atoms with Crippen molar-refractivity contribution in [2.45, 2.75) is 50.6 Å². The predicted octanol–water partition coefficient (Wildman–Crippen LogP) is 2.64. The molecule has 0 saturated heterocycles. The number of hydrogen-bond acceptors (Lipinski definition) is 2. The van der Waals surface area contributed by atoms with E-state index in [1.807, 2.05) is 0 Å². The molecule has 3 amide bonds. The van der Waals surface area contributed by atoms with E-state index < -0.39 is 0 Å². The van der Waals surface area contributed by atoms with Crippen molar-refractivity contribution in [2.75, 3.05) is 5.32 Å². The van der Waals surface area contributed by atoms with Gasteiger partial charge in [-0.15, -0.1) is 0 Å². The summed E-state index contributed by atoms with van der Waals surface area (Å²) in [5, 5.41) is 8.72. The van der Waals surface area contributed by atoms with Gasteiger partial charge in [0.25, 0.3) is 5.91 Å². The number of carbonyl (C=O) groups excluding carboxylic acids is 2. The highest BCUT2D eigenvalue weighted by Gasteiger charge is 2.23. The fourth-order valence-electron chi connectivity index (χ4n) is 2.62. The van der Waals surface area contributed by atoms with Crippen LogP contribution in [0.15, 0.2) is 24.3 Å². The lowest BCUT2D eigenvalue weighted by molar-refractivity contribution is 0.0951. The van der Waals surface area contributed by atoms with Crippen LogP contribution in [0.25, 0.3) is 0 Å². The Morgan fingerprint density at radius 3 is 2.10 bits per heavy atom. The average Bonchev–Trinajstić information content (AvgIpc) is 3.13. The number of hydrogen-bond donors (Lipinski definition) is 3. The molecule has 2 aliphatic carbocycles. The Morgan fingerprint density at radius 1 is 0.857 bits per heavy atom. The molecule has 0 atom stereocenters. The summed E-state index contributed by atoms with van der Waals surface area (Å²) in [5.74, 6) is -0.0422. The smallest absolute Gasteiger partial charge is 0.319 e. The largest absolute Gasteiger partial charge is 0.349 e. The summed E-state index contributed by atoms with van der Waals surface area (Å²) in [6.07, 6.45) is 6.66. The first-order valence-electron chi connectivity index (χ1n) is 7.69. The Morgan fingerprint density at radius 2 is 1.48 bits per heavy atom. The van der Waals surface area contributed by atoms with E-state index in [-0.39, 0.29) is 11.9 Å². The number of nitrogens with one attached hydrogen (secondary N) is 3. The van der Waals surface area contributed by atoms with Crippen LogP contribution in [0.5, 0.6) is 0 Å². The van der Waals surface area contributed by atoms with Gasteiger partial charge in [-0.1, -0.05) is 12.8 Å². The summed E-state index contributed by atoms with van der Waals surface area (Å²) in [5.41, 5.74) is 1.33. The minimum Gasteiger partial charge on any atom is -0.349 e. The molecule has 2 fully saturated rings. The Kier molecular flexibility index (Phi) is 4.08. The van der Waals surface area contributed by atoms with E-state index >= 15 is 0 Å². The maximum atomic E-state index is 11.8. The van der Waals surface area contributed by atoms with Crippen LogP contribution in [0.1, 0.15) is 48.9 Å². The molecule has 2 aliphatic rings. The zero-order valence-electron chi connectivity index (χ0n) is 12.0. The normalized spacial score (nSPS) is 18.3. The predicted molar refractivity (Wildman–Crippen MR) is 81.3 cm³/mol. The molecule has 3 rings (SSSR count). The molecule has 0 aromatic heterocycles. The number of carbonyl (C=O) groups is 2. The quantitative estimate of drug-likeness (QED) is 0.796. The summed E-state index contributed by atoms with van der Waals surface area (Å²) in [7, 11) is 0. The fourth-order valence-corrected chi connectivity index (χ4v) is 2.62. The molecule has 0 heterocycles. The summed E-state index contributed by atoms with van der Waals surface area (Å²) < 4.78 is 0. The van der Waals surface area contributed by atoms with Crippen LogP contribution < -0.4 is 16.0 Å². The summed E-state index contributed by atoms with van der Waals surface area (Å²) in [6.45, 7) is 0. The average molecular weight is 287 g/mol. The standard InChI is InChI=1S/C16H21N3O2/c20-15(17-13-9-10-13)11-5-7-14(8-6-11)19-16(21)18-12-3-1-2-4-12/h5-8,12-13H,1-4,9-10H2,(H,17,20)(H2,18,19,21). The van der Waals surface area contributed by atoms with Crippen LogP contribution in [0.2, 0.25) is 0 Å². The first kappa shape index (κ1) is 13.9. The molecule has 2 saturated carbocycles. The number of benzene rings is 1. The van der Waals surface area contributed by atoms with Gasteiger partial charge in [-0.3, -0.25) is 4.79 Å². The highest BCUT2D eigenvalue weighted by Crippen LogP contribution is 2.20. The summed E-state index contributed by atoms with van der Waals surface area (Å²) in [6, 6.07) is 7.48. The van der Waals surface area contributed by atoms with E-state index in [1.54, 1.807) is 24.3 Å². The zero-order valence-corrected chi connectivity index (χ0v) is 12.0. The van der Waals surface area contributed by atoms with Crippen LogP contribution >= 0.6 is 0 Å². The highest BCUT2D eigenvalue weighted by molar-refractivity contribution is 5.95. The Hall–Kier alpha value is -2.04. The number of urea groups is 1. The van der Waals surface area contributed by atoms with Crippen molar-refractivity contribution < 1.29 is 9.59 Å². The van der Waals surface area contributed by atoms with Gasteiger partial charge in [0.1, 0.15) is 0 Å². The molecule has 112 valence electrons. The molecule has 5 nitrogen and oxygen atoms in total. The Balaban J connectivity index is 1.51. The second-order valence-corrected chi connectivity index (χ2v) is 5.90. The van der Waals surface area contributed by atoms with Gasteiger partial charge in [-0.05, 0) is 49.9 Å². The maximum absolute atomic E-state index is 11.8. The molecule has 0 aliphatic heterocycles. The first-order chi connectivity index (χ1) is 10.2. The SMILES string of the molecule is O=C(Nc1ccc(C(=O)NC2CC2)cc1)NC1CCCC1. The third kappa shape index (κ3) is 3.97. The van der Waals surface area contributed by atoms with Crippen molar-refractivity contribution in [3.63, 3.8) is 0 Å². The van der Waals surface area contributed by atoms with Crippen molar-refractivity contribution >= 4 is 17.6 Å². The van der Waals surface area contributed by atoms with E-state index in [0.29, 0.717) is 23.3 Å². The van der Waals surface area contributed by atoms with E-state index in [9.17, 15) is 9.59 Å². The van der Waals surface area contributed by atoms with Crippen LogP contribution in [0, 0.1) is 0 Å². The summed E-state index contributed by atoms with van der Waals surface area (Å²) in [4.78, 5) is 23.7. The highest BCUT2D eigenvalue weighted by atomic mass is 16.2. The number of amides is 3. The van der Waals surface area contributed by atoms with Crippen LogP contribution in [-0.4, -0.2) is 24.0 Å². The molecular formula is C16H21N3O2. The minimum absolute atomic E-state index is 0.0422. The molecule has 5 heteroatoms. The lowest BCUT2D eigenvalue weighted by atomic mass is 10.2. The minimum atomic E-state index is -0.169. The first-order valence-corrected chi connectivity index (χ1v) is 7.69. The lowest BCUT2D eigenvalue weighted by Gasteiger charge is -2.13. The van der Waals surface area contributed by atoms with Crippen molar-refractivity contribution in [3.8, 4) is 0 Å². The fraction of sp³-hybridized carbons (Fsp3) is 0.500. The van der Waals surface area contributed by atoms with E-state index in [4.69, 9.17) is 0 Å². The van der Waals surface area contributed by atoms with Crippen LogP contribution in [-0.2, 0) is 0 Å². The molecular weight excluding hydrogens is 266 g/mol. The van der Waals surface area contributed by atoms with Gasteiger partial charge in [0.2, 0.25) is 0 Å². The maximum Gasteiger partial charge on any atom is 0.319 e. The van der Waals surface area contributed by atoms with Gasteiger partial charge >= 0.3 is 6.03 Å². The van der Waals surface area contributed by atoms with Gasteiger partial charge in [-0.2, -0.15) is 0 Å². The second kappa shape index (κ2) is 6.16. The van der Waals surface area contributed by atoms with Crippen molar-refractivity contribution in [3.05, 3.63) is 29.8 Å². The molecule has 0 radical (unpaired) electrons. The molecule has 0 unspecified atom stereocenters. The van der Waals surface area contributed by atoms with Gasteiger partial charge in [0.05, 0.1) is 0 Å². The van der Waals surface area contributed by atoms with Crippen LogP contribution in [0.4, 0.5) is 10.5 Å². The molecule has 1 aromatic rings. The van der Waals surface area contributed by atoms with Gasteiger partial charge in [0.15, 0.2) is 0 Å². The van der Waals surface area contributed by atoms with Gasteiger partial charge in [-0.25, -0.2) is 4.79 Å². The zero-order chi connectivity index (χ0) is 14.7. The lowest BCUT2D eigenvalue weighted by Crippen LogP contribution is -2.36. The molecule has 0 spiro atoms. The van der Waals surface area contributed by atoms with Gasteiger partial charge in [0, 0.05) is 23.3 Å². The molecule has 3 N–H and O–H groups in total. The van der Waals surface area contributed by atoms with E-state index in [1.165, 1.54) is 12.8 Å². The monoisotopic (exact) mass is 287 g/mol. The van der Waals surface area contributed by atoms with Crippen molar-refractivity contribution in [1.82, 2.24) is 10.6 Å². The second-order valence-electron chi connectivity index (χ2n) is 5.90. The van der Waals surface area contributed by atoms with Crippen molar-refractivity contribution in [1.29, 1.82) is 0 Å². The molecule has 1 aromatic carbocycles. The third-order valence-electron chi connectivity index (χ3n) is 4.01. The van der Waals surface area contributed by atoms with Crippen molar-refractivity contribution in [2.24, 2.45) is 0 Å². The Bertz CT molecular complexity index is 517. The molecule has 0 bridgehead atoms. The van der Waals surface area contributed by atoms with Gasteiger partial charge < -0.3 is 16.0 Å². The Labute approximate surface area is 124 Å². The molecule has 21 heavy (non-hydrogen) atoms. The van der Waals surface area contributed by atoms with Crippen LogP contribution in [0.3, 0.4) is 0 Å². The topological polar surface area (TPSA) is 70.2 Å². The number of rotatable bonds is 4. The number of anilines is 1.